The summed E-state index contributed by atoms with van der Waals surface area (Å²) in [5.41, 5.74) is 0.742. The second kappa shape index (κ2) is 7.07. The first-order valence-corrected chi connectivity index (χ1v) is 7.76. The Bertz CT molecular complexity index is 366. The van der Waals surface area contributed by atoms with Crippen molar-refractivity contribution < 1.29 is 4.79 Å². The first-order valence-electron chi connectivity index (χ1n) is 5.58. The van der Waals surface area contributed by atoms with E-state index in [1.165, 1.54) is 0 Å². The third-order valence-corrected chi connectivity index (χ3v) is 3.99. The van der Waals surface area contributed by atoms with Gasteiger partial charge in [0, 0.05) is 23.1 Å². The molecule has 4 heteroatoms. The van der Waals surface area contributed by atoms with Gasteiger partial charge in [0.05, 0.1) is 0 Å². The standard InChI is InChI=1S/C13H18BrNOS/c1-10(8-9-17-3)15(2)13(16)11-4-6-12(14)7-5-11/h4-7,10H,8-9H2,1-3H3. The number of carbonyl (C=O) groups is 1. The number of hydrogen-bond acceptors (Lipinski definition) is 2. The van der Waals surface area contributed by atoms with E-state index in [4.69, 9.17) is 0 Å². The fourth-order valence-electron chi connectivity index (χ4n) is 1.48. The molecule has 0 saturated heterocycles. The van der Waals surface area contributed by atoms with Crippen LogP contribution in [0.2, 0.25) is 0 Å². The molecule has 0 aliphatic carbocycles. The highest BCUT2D eigenvalue weighted by Crippen LogP contribution is 2.14. The lowest BCUT2D eigenvalue weighted by molar-refractivity contribution is 0.0741. The maximum absolute atomic E-state index is 12.2. The van der Waals surface area contributed by atoms with Gasteiger partial charge in [-0.2, -0.15) is 11.8 Å². The van der Waals surface area contributed by atoms with Crippen LogP contribution < -0.4 is 0 Å². The van der Waals surface area contributed by atoms with Crippen molar-refractivity contribution in [2.24, 2.45) is 0 Å². The van der Waals surface area contributed by atoms with E-state index in [1.54, 1.807) is 0 Å². The number of carbonyl (C=O) groups excluding carboxylic acids is 1. The number of amides is 1. The first-order chi connectivity index (χ1) is 8.06. The molecule has 0 radical (unpaired) electrons. The first kappa shape index (κ1) is 14.6. The second-order valence-electron chi connectivity index (χ2n) is 4.05. The highest BCUT2D eigenvalue weighted by molar-refractivity contribution is 9.10. The van der Waals surface area contributed by atoms with Gasteiger partial charge in [0.15, 0.2) is 0 Å². The van der Waals surface area contributed by atoms with Crippen LogP contribution in [0.4, 0.5) is 0 Å². The summed E-state index contributed by atoms with van der Waals surface area (Å²) in [6.07, 6.45) is 3.11. The highest BCUT2D eigenvalue weighted by atomic mass is 79.9. The van der Waals surface area contributed by atoms with Crippen LogP contribution in [0.15, 0.2) is 28.7 Å². The predicted octanol–water partition coefficient (Wildman–Crippen LogP) is 3.66. The van der Waals surface area contributed by atoms with Crippen LogP contribution >= 0.6 is 27.7 Å². The molecule has 0 fully saturated rings. The summed E-state index contributed by atoms with van der Waals surface area (Å²) in [5, 5.41) is 0. The van der Waals surface area contributed by atoms with Gasteiger partial charge in [-0.3, -0.25) is 4.79 Å². The topological polar surface area (TPSA) is 20.3 Å². The van der Waals surface area contributed by atoms with Crippen molar-refractivity contribution in [1.82, 2.24) is 4.90 Å². The Morgan fingerprint density at radius 3 is 2.53 bits per heavy atom. The molecular formula is C13H18BrNOS. The van der Waals surface area contributed by atoms with Crippen LogP contribution in [-0.2, 0) is 0 Å². The van der Waals surface area contributed by atoms with Gasteiger partial charge in [0.1, 0.15) is 0 Å². The average Bonchev–Trinajstić information content (AvgIpc) is 2.35. The smallest absolute Gasteiger partial charge is 0.253 e. The average molecular weight is 316 g/mol. The Kier molecular flexibility index (Phi) is 6.06. The lowest BCUT2D eigenvalue weighted by Crippen LogP contribution is -2.35. The van der Waals surface area contributed by atoms with Gasteiger partial charge in [0.25, 0.3) is 5.91 Å². The monoisotopic (exact) mass is 315 g/mol. The van der Waals surface area contributed by atoms with Gasteiger partial charge in [-0.05, 0) is 49.6 Å². The van der Waals surface area contributed by atoms with E-state index in [0.717, 1.165) is 22.2 Å². The zero-order chi connectivity index (χ0) is 12.8. The van der Waals surface area contributed by atoms with Crippen molar-refractivity contribution in [2.75, 3.05) is 19.1 Å². The molecule has 0 heterocycles. The summed E-state index contributed by atoms with van der Waals surface area (Å²) >= 11 is 5.18. The lowest BCUT2D eigenvalue weighted by Gasteiger charge is -2.24. The molecule has 0 spiro atoms. The molecule has 1 aromatic carbocycles. The molecule has 1 atom stereocenters. The summed E-state index contributed by atoms with van der Waals surface area (Å²) < 4.78 is 0.993. The van der Waals surface area contributed by atoms with E-state index in [2.05, 4.69) is 29.1 Å². The Morgan fingerprint density at radius 2 is 2.00 bits per heavy atom. The molecule has 17 heavy (non-hydrogen) atoms. The highest BCUT2D eigenvalue weighted by Gasteiger charge is 2.16. The van der Waals surface area contributed by atoms with Gasteiger partial charge in [-0.1, -0.05) is 15.9 Å². The maximum atomic E-state index is 12.2. The molecule has 1 unspecified atom stereocenters. The number of benzene rings is 1. The quantitative estimate of drug-likeness (QED) is 0.826. The summed E-state index contributed by atoms with van der Waals surface area (Å²) in [4.78, 5) is 14.0. The molecule has 1 rings (SSSR count). The van der Waals surface area contributed by atoms with E-state index >= 15 is 0 Å². The zero-order valence-corrected chi connectivity index (χ0v) is 12.8. The molecule has 1 amide bonds. The normalized spacial score (nSPS) is 12.2. The maximum Gasteiger partial charge on any atom is 0.253 e. The van der Waals surface area contributed by atoms with Gasteiger partial charge in [0.2, 0.25) is 0 Å². The van der Waals surface area contributed by atoms with Crippen molar-refractivity contribution in [3.05, 3.63) is 34.3 Å². The molecule has 94 valence electrons. The molecule has 0 aromatic heterocycles. The van der Waals surface area contributed by atoms with E-state index in [0.29, 0.717) is 0 Å². The van der Waals surface area contributed by atoms with Gasteiger partial charge < -0.3 is 4.90 Å². The lowest BCUT2D eigenvalue weighted by atomic mass is 10.1. The molecule has 0 saturated carbocycles. The fraction of sp³-hybridized carbons (Fsp3) is 0.462. The van der Waals surface area contributed by atoms with Crippen LogP contribution in [0.3, 0.4) is 0 Å². The van der Waals surface area contributed by atoms with Gasteiger partial charge in [-0.15, -0.1) is 0 Å². The number of hydrogen-bond donors (Lipinski definition) is 0. The van der Waals surface area contributed by atoms with Crippen LogP contribution in [0.25, 0.3) is 0 Å². The van der Waals surface area contributed by atoms with Crippen LogP contribution in [0.1, 0.15) is 23.7 Å². The van der Waals surface area contributed by atoms with E-state index in [1.807, 2.05) is 48.0 Å². The summed E-state index contributed by atoms with van der Waals surface area (Å²) in [7, 11) is 1.87. The minimum atomic E-state index is 0.0890. The van der Waals surface area contributed by atoms with E-state index in [9.17, 15) is 4.79 Å². The van der Waals surface area contributed by atoms with E-state index in [-0.39, 0.29) is 11.9 Å². The molecule has 1 aromatic rings. The van der Waals surface area contributed by atoms with Crippen molar-refractivity contribution in [1.29, 1.82) is 0 Å². The number of thioether (sulfide) groups is 1. The van der Waals surface area contributed by atoms with E-state index < -0.39 is 0 Å². The zero-order valence-electron chi connectivity index (χ0n) is 10.4. The predicted molar refractivity (Wildman–Crippen MR) is 78.7 cm³/mol. The molecule has 0 aliphatic rings. The third-order valence-electron chi connectivity index (χ3n) is 2.81. The van der Waals surface area contributed by atoms with Crippen LogP contribution in [0, 0.1) is 0 Å². The largest absolute Gasteiger partial charge is 0.339 e. The minimum absolute atomic E-state index is 0.0890. The molecule has 0 aliphatic heterocycles. The van der Waals surface area contributed by atoms with Gasteiger partial charge >= 0.3 is 0 Å². The number of halogens is 1. The Balaban J connectivity index is 2.65. The van der Waals surface area contributed by atoms with Crippen LogP contribution in [-0.4, -0.2) is 35.9 Å². The van der Waals surface area contributed by atoms with Crippen LogP contribution in [0.5, 0.6) is 0 Å². The molecule has 0 bridgehead atoms. The van der Waals surface area contributed by atoms with Gasteiger partial charge in [-0.25, -0.2) is 0 Å². The second-order valence-corrected chi connectivity index (χ2v) is 5.95. The third kappa shape index (κ3) is 4.36. The number of rotatable bonds is 5. The Morgan fingerprint density at radius 1 is 1.41 bits per heavy atom. The van der Waals surface area contributed by atoms with Crippen molar-refractivity contribution in [3.63, 3.8) is 0 Å². The van der Waals surface area contributed by atoms with Crippen molar-refractivity contribution in [2.45, 2.75) is 19.4 Å². The summed E-state index contributed by atoms with van der Waals surface area (Å²) in [6.45, 7) is 2.09. The molecule has 2 nitrogen and oxygen atoms in total. The molecular weight excluding hydrogens is 298 g/mol. The SMILES string of the molecule is CSCCC(C)N(C)C(=O)c1ccc(Br)cc1. The number of nitrogens with zero attached hydrogens (tertiary/aromatic N) is 1. The summed E-state index contributed by atoms with van der Waals surface area (Å²) in [6, 6.07) is 7.77. The fourth-order valence-corrected chi connectivity index (χ4v) is 2.32. The molecule has 0 N–H and O–H groups in total. The Labute approximate surface area is 116 Å². The van der Waals surface area contributed by atoms with Crippen molar-refractivity contribution >= 4 is 33.6 Å². The van der Waals surface area contributed by atoms with Crippen molar-refractivity contribution in [3.8, 4) is 0 Å². The summed E-state index contributed by atoms with van der Waals surface area (Å²) in [5.74, 6) is 1.17. The minimum Gasteiger partial charge on any atom is -0.339 e. The Hall–Kier alpha value is -0.480.